The third kappa shape index (κ3) is 5.25. The fourth-order valence-electron chi connectivity index (χ4n) is 3.73. The van der Waals surface area contributed by atoms with Crippen LogP contribution in [0.3, 0.4) is 0 Å². The van der Waals surface area contributed by atoms with Gasteiger partial charge in [-0.2, -0.15) is 8.78 Å². The third-order valence-electron chi connectivity index (χ3n) is 5.62. The minimum atomic E-state index is -2.74. The van der Waals surface area contributed by atoms with Gasteiger partial charge in [0.15, 0.2) is 0 Å². The molecule has 10 heteroatoms. The van der Waals surface area contributed by atoms with Crippen LogP contribution in [0.5, 0.6) is 0 Å². The zero-order chi connectivity index (χ0) is 24.3. The van der Waals surface area contributed by atoms with E-state index in [1.807, 2.05) is 32.9 Å². The van der Waals surface area contributed by atoms with E-state index in [9.17, 15) is 24.1 Å². The fourth-order valence-corrected chi connectivity index (χ4v) is 3.73. The van der Waals surface area contributed by atoms with Gasteiger partial charge in [0.05, 0.1) is 17.1 Å². The molecule has 1 aromatic carbocycles. The lowest BCUT2D eigenvalue weighted by Crippen LogP contribution is -2.34. The highest BCUT2D eigenvalue weighted by Crippen LogP contribution is 2.32. The molecule has 0 spiro atoms. The van der Waals surface area contributed by atoms with Gasteiger partial charge < -0.3 is 20.1 Å². The number of rotatable bonds is 4. The molecule has 8 nitrogen and oxygen atoms in total. The smallest absolute Gasteiger partial charge is 0.320 e. The molecule has 1 fully saturated rings. The van der Waals surface area contributed by atoms with Crippen molar-refractivity contribution in [1.29, 1.82) is 0 Å². The summed E-state index contributed by atoms with van der Waals surface area (Å²) >= 11 is 0. The van der Waals surface area contributed by atoms with Crippen molar-refractivity contribution in [3.8, 4) is 0 Å². The summed E-state index contributed by atoms with van der Waals surface area (Å²) in [6.07, 6.45) is 1.41. The zero-order valence-electron chi connectivity index (χ0n) is 18.8. The van der Waals surface area contributed by atoms with Crippen LogP contribution in [-0.2, 0) is 4.74 Å². The van der Waals surface area contributed by atoms with E-state index in [4.69, 9.17) is 4.74 Å². The van der Waals surface area contributed by atoms with Crippen LogP contribution >= 0.6 is 0 Å². The predicted molar refractivity (Wildman–Crippen MR) is 119 cm³/mol. The van der Waals surface area contributed by atoms with Crippen molar-refractivity contribution in [3.63, 3.8) is 0 Å². The quantitative estimate of drug-likeness (QED) is 0.546. The van der Waals surface area contributed by atoms with Crippen molar-refractivity contribution in [2.45, 2.75) is 64.8 Å². The van der Waals surface area contributed by atoms with Crippen LogP contribution in [0.2, 0.25) is 0 Å². The summed E-state index contributed by atoms with van der Waals surface area (Å²) in [5.74, 6) is 0. The van der Waals surface area contributed by atoms with Crippen LogP contribution < -0.4 is 0 Å². The monoisotopic (exact) mass is 462 g/mol. The van der Waals surface area contributed by atoms with E-state index in [0.29, 0.717) is 15.6 Å². The number of aliphatic hydroxyl groups excluding tert-OH is 3. The number of aromatic nitrogens is 4. The SMILES string of the molecule is C/C=C\c1c(C)ncnc1C.C[C@@H]1O[C@H]([C@H](O)c2ccc3ncn(C(F)F)c3c2)[C@@H](O)[C@H]1O. The van der Waals surface area contributed by atoms with Gasteiger partial charge in [0, 0.05) is 17.0 Å². The zero-order valence-corrected chi connectivity index (χ0v) is 18.8. The van der Waals surface area contributed by atoms with Crippen LogP contribution in [0.25, 0.3) is 17.1 Å². The summed E-state index contributed by atoms with van der Waals surface area (Å²) in [4.78, 5) is 12.1. The molecule has 2 aromatic heterocycles. The molecule has 3 aromatic rings. The Bertz CT molecular complexity index is 1100. The summed E-state index contributed by atoms with van der Waals surface area (Å²) in [6.45, 7) is 4.81. The van der Waals surface area contributed by atoms with E-state index in [1.165, 1.54) is 18.2 Å². The number of halogens is 2. The lowest BCUT2D eigenvalue weighted by atomic mass is 9.98. The van der Waals surface area contributed by atoms with E-state index in [-0.39, 0.29) is 5.52 Å². The number of alkyl halides is 2. The Kier molecular flexibility index (Phi) is 7.85. The van der Waals surface area contributed by atoms with Gasteiger partial charge in [0.25, 0.3) is 0 Å². The van der Waals surface area contributed by atoms with Crippen molar-refractivity contribution in [2.24, 2.45) is 0 Å². The number of aliphatic hydroxyl groups is 3. The fraction of sp³-hybridized carbons (Fsp3) is 0.435. The maximum atomic E-state index is 12.9. The average molecular weight is 462 g/mol. The van der Waals surface area contributed by atoms with Crippen LogP contribution in [0.4, 0.5) is 8.78 Å². The number of ether oxygens (including phenoxy) is 1. The topological polar surface area (TPSA) is 114 Å². The Balaban J connectivity index is 0.000000235. The van der Waals surface area contributed by atoms with Gasteiger partial charge in [-0.05, 0) is 45.4 Å². The molecular weight excluding hydrogens is 434 g/mol. The maximum Gasteiger partial charge on any atom is 0.320 e. The minimum Gasteiger partial charge on any atom is -0.388 e. The van der Waals surface area contributed by atoms with Crippen LogP contribution in [0.15, 0.2) is 36.9 Å². The largest absolute Gasteiger partial charge is 0.388 e. The first-order valence-electron chi connectivity index (χ1n) is 10.5. The Hall–Kier alpha value is -2.79. The van der Waals surface area contributed by atoms with Gasteiger partial charge in [-0.3, -0.25) is 4.57 Å². The van der Waals surface area contributed by atoms with Crippen molar-refractivity contribution < 1.29 is 28.8 Å². The van der Waals surface area contributed by atoms with Gasteiger partial charge >= 0.3 is 6.55 Å². The minimum absolute atomic E-state index is 0.174. The van der Waals surface area contributed by atoms with E-state index in [0.717, 1.165) is 23.3 Å². The molecule has 1 aliphatic heterocycles. The van der Waals surface area contributed by atoms with Crippen molar-refractivity contribution >= 4 is 17.1 Å². The predicted octanol–water partition coefficient (Wildman–Crippen LogP) is 3.10. The maximum absolute atomic E-state index is 12.9. The lowest BCUT2D eigenvalue weighted by Gasteiger charge is -2.21. The molecule has 0 radical (unpaired) electrons. The Morgan fingerprint density at radius 1 is 1.09 bits per heavy atom. The van der Waals surface area contributed by atoms with E-state index >= 15 is 0 Å². The van der Waals surface area contributed by atoms with Gasteiger partial charge in [-0.15, -0.1) is 0 Å². The number of hydrogen-bond acceptors (Lipinski definition) is 7. The average Bonchev–Trinajstić information content (AvgIpc) is 3.32. The molecule has 5 atom stereocenters. The normalized spacial score (nSPS) is 23.8. The summed E-state index contributed by atoms with van der Waals surface area (Å²) < 4.78 is 31.8. The van der Waals surface area contributed by atoms with E-state index < -0.39 is 37.1 Å². The number of imidazole rings is 1. The summed E-state index contributed by atoms with van der Waals surface area (Å²) in [7, 11) is 0. The Labute approximate surface area is 190 Å². The first-order valence-corrected chi connectivity index (χ1v) is 10.5. The molecule has 0 aliphatic carbocycles. The second-order valence-corrected chi connectivity index (χ2v) is 7.87. The number of nitrogens with zero attached hydrogens (tertiary/aromatic N) is 4. The molecule has 3 N–H and O–H groups in total. The number of hydrogen-bond donors (Lipinski definition) is 3. The highest BCUT2D eigenvalue weighted by molar-refractivity contribution is 5.76. The first kappa shape index (κ1) is 24.8. The van der Waals surface area contributed by atoms with Gasteiger partial charge in [0.1, 0.15) is 37.1 Å². The summed E-state index contributed by atoms with van der Waals surface area (Å²) in [6, 6.07) is 4.42. The second kappa shape index (κ2) is 10.4. The van der Waals surface area contributed by atoms with Crippen LogP contribution in [0, 0.1) is 13.8 Å². The number of allylic oxidation sites excluding steroid dienone is 1. The molecule has 4 rings (SSSR count). The van der Waals surface area contributed by atoms with Crippen molar-refractivity contribution in [1.82, 2.24) is 19.5 Å². The third-order valence-corrected chi connectivity index (χ3v) is 5.62. The molecule has 1 aliphatic rings. The molecule has 0 bridgehead atoms. The molecule has 0 unspecified atom stereocenters. The van der Waals surface area contributed by atoms with Crippen molar-refractivity contribution in [2.75, 3.05) is 0 Å². The molecule has 0 amide bonds. The van der Waals surface area contributed by atoms with Crippen LogP contribution in [-0.4, -0.2) is 59.3 Å². The van der Waals surface area contributed by atoms with E-state index in [2.05, 4.69) is 15.0 Å². The van der Waals surface area contributed by atoms with Gasteiger partial charge in [-0.1, -0.05) is 18.2 Å². The van der Waals surface area contributed by atoms with Crippen molar-refractivity contribution in [3.05, 3.63) is 59.4 Å². The molecule has 3 heterocycles. The summed E-state index contributed by atoms with van der Waals surface area (Å²) in [5, 5.41) is 29.9. The second-order valence-electron chi connectivity index (χ2n) is 7.87. The van der Waals surface area contributed by atoms with Crippen LogP contribution in [0.1, 0.15) is 49.0 Å². The highest BCUT2D eigenvalue weighted by atomic mass is 19.3. The van der Waals surface area contributed by atoms with Gasteiger partial charge in [0.2, 0.25) is 0 Å². The van der Waals surface area contributed by atoms with Gasteiger partial charge in [-0.25, -0.2) is 15.0 Å². The Morgan fingerprint density at radius 2 is 1.76 bits per heavy atom. The summed E-state index contributed by atoms with van der Waals surface area (Å²) in [5.41, 5.74) is 4.06. The Morgan fingerprint density at radius 3 is 2.30 bits per heavy atom. The standard InChI is InChI=1S/C14H16F2N2O4.C9H12N2/c1-6-10(19)12(21)13(22-6)11(20)7-2-3-8-9(4-7)18(5-17-8)14(15)16;1-4-5-9-7(2)10-6-11-8(9)3/h2-6,10-14,19-21H,1H3;4-6H,1-3H3/b;5-4-/t6-,10-,11+,12-,13+;/m0./s1. The molecule has 178 valence electrons. The number of fused-ring (bicyclic) bond motifs is 1. The number of benzene rings is 1. The molecular formula is C23H28F2N4O4. The first-order chi connectivity index (χ1) is 15.6. The molecule has 0 saturated carbocycles. The highest BCUT2D eigenvalue weighted by Gasteiger charge is 2.44. The number of aryl methyl sites for hydroxylation is 2. The van der Waals surface area contributed by atoms with E-state index in [1.54, 1.807) is 13.3 Å². The molecule has 33 heavy (non-hydrogen) atoms. The molecule has 1 saturated heterocycles. The lowest BCUT2D eigenvalue weighted by molar-refractivity contribution is -0.0635.